The highest BCUT2D eigenvalue weighted by molar-refractivity contribution is 7.12. The fourth-order valence-electron chi connectivity index (χ4n) is 2.12. The third-order valence-corrected chi connectivity index (χ3v) is 3.89. The lowest BCUT2D eigenvalue weighted by Crippen LogP contribution is -2.21. The summed E-state index contributed by atoms with van der Waals surface area (Å²) in [6.45, 7) is 1.86. The number of nitrogens with zero attached hydrogens (tertiary/aromatic N) is 3. The number of pyridine rings is 2. The summed E-state index contributed by atoms with van der Waals surface area (Å²) in [6.07, 6.45) is 8.40. The van der Waals surface area contributed by atoms with Gasteiger partial charge in [-0.05, 0) is 19.1 Å². The molecule has 0 atom stereocenters. The van der Waals surface area contributed by atoms with E-state index >= 15 is 0 Å². The molecule has 0 radical (unpaired) electrons. The second-order valence-electron chi connectivity index (χ2n) is 4.49. The van der Waals surface area contributed by atoms with Crippen LogP contribution < -0.4 is 5.43 Å². The van der Waals surface area contributed by atoms with Gasteiger partial charge in [-0.3, -0.25) is 9.36 Å². The monoisotopic (exact) mass is 325 g/mol. The van der Waals surface area contributed by atoms with Gasteiger partial charge >= 0.3 is 5.97 Å². The Hall–Kier alpha value is -2.98. The third-order valence-electron chi connectivity index (χ3n) is 3.12. The predicted molar refractivity (Wildman–Crippen MR) is 86.9 cm³/mol. The lowest BCUT2D eigenvalue weighted by Gasteiger charge is -2.10. The van der Waals surface area contributed by atoms with E-state index < -0.39 is 11.4 Å². The van der Waals surface area contributed by atoms with Crippen LogP contribution in [-0.4, -0.2) is 27.1 Å². The Kier molecular flexibility index (Phi) is 3.91. The summed E-state index contributed by atoms with van der Waals surface area (Å²) < 4.78 is 6.53. The van der Waals surface area contributed by atoms with E-state index in [0.717, 1.165) is 0 Å². The molecule has 7 heteroatoms. The van der Waals surface area contributed by atoms with Gasteiger partial charge in [0.25, 0.3) is 0 Å². The zero-order chi connectivity index (χ0) is 16.4. The van der Waals surface area contributed by atoms with Crippen molar-refractivity contribution in [2.45, 2.75) is 6.92 Å². The number of aromatic nitrogens is 3. The Morgan fingerprint density at radius 2 is 2.30 bits per heavy atom. The zero-order valence-corrected chi connectivity index (χ0v) is 13.0. The summed E-state index contributed by atoms with van der Waals surface area (Å²) in [5.41, 5.74) is 0.242. The highest BCUT2D eigenvalue weighted by Crippen LogP contribution is 2.18. The van der Waals surface area contributed by atoms with Gasteiger partial charge in [0.2, 0.25) is 5.43 Å². The molecule has 3 rings (SSSR count). The van der Waals surface area contributed by atoms with Gasteiger partial charge in [-0.2, -0.15) is 0 Å². The summed E-state index contributed by atoms with van der Waals surface area (Å²) in [4.78, 5) is 33.1. The van der Waals surface area contributed by atoms with E-state index in [-0.39, 0.29) is 17.6 Å². The minimum atomic E-state index is -0.675. The second kappa shape index (κ2) is 6.02. The van der Waals surface area contributed by atoms with E-state index in [9.17, 15) is 9.59 Å². The molecule has 0 aliphatic heterocycles. The van der Waals surface area contributed by atoms with Gasteiger partial charge in [0, 0.05) is 17.8 Å². The third kappa shape index (κ3) is 2.60. The summed E-state index contributed by atoms with van der Waals surface area (Å²) in [5, 5.41) is 2.64. The van der Waals surface area contributed by atoms with Gasteiger partial charge in [-0.15, -0.1) is 17.8 Å². The van der Waals surface area contributed by atoms with Crippen LogP contribution in [0.3, 0.4) is 0 Å². The molecule has 0 unspecified atom stereocenters. The number of ether oxygens (including phenoxy) is 1. The number of thiazole rings is 1. The van der Waals surface area contributed by atoms with Crippen molar-refractivity contribution in [3.05, 3.63) is 51.4 Å². The fourth-order valence-corrected chi connectivity index (χ4v) is 2.74. The smallest absolute Gasteiger partial charge is 0.343 e. The molecule has 114 valence electrons. The van der Waals surface area contributed by atoms with E-state index in [4.69, 9.17) is 11.2 Å². The number of esters is 1. The van der Waals surface area contributed by atoms with Gasteiger partial charge in [-0.1, -0.05) is 5.92 Å². The van der Waals surface area contributed by atoms with Crippen LogP contribution in [0.25, 0.3) is 16.2 Å². The molecule has 0 fully saturated rings. The number of terminal acetylenes is 1. The SMILES string of the molecule is C#Cc1ccc2c(=O)c(C(=O)OCC)cn(-c3nccs3)c2n1. The lowest BCUT2D eigenvalue weighted by atomic mass is 10.2. The maximum atomic E-state index is 12.5. The van der Waals surface area contributed by atoms with Crippen LogP contribution in [0.4, 0.5) is 0 Å². The van der Waals surface area contributed by atoms with Crippen LogP contribution in [0.1, 0.15) is 23.0 Å². The molecule has 0 saturated carbocycles. The van der Waals surface area contributed by atoms with E-state index in [2.05, 4.69) is 15.9 Å². The van der Waals surface area contributed by atoms with Crippen molar-refractivity contribution in [1.82, 2.24) is 14.5 Å². The molecule has 0 N–H and O–H groups in total. The molecule has 3 aromatic rings. The van der Waals surface area contributed by atoms with Crippen LogP contribution >= 0.6 is 11.3 Å². The van der Waals surface area contributed by atoms with Crippen LogP contribution in [0, 0.1) is 12.3 Å². The van der Waals surface area contributed by atoms with Crippen molar-refractivity contribution in [3.63, 3.8) is 0 Å². The summed E-state index contributed by atoms with van der Waals surface area (Å²) >= 11 is 1.35. The molecular weight excluding hydrogens is 314 g/mol. The van der Waals surface area contributed by atoms with Crippen LogP contribution in [-0.2, 0) is 4.74 Å². The Morgan fingerprint density at radius 3 is 2.96 bits per heavy atom. The summed E-state index contributed by atoms with van der Waals surface area (Å²) in [6, 6.07) is 3.12. The maximum absolute atomic E-state index is 12.5. The molecule has 6 nitrogen and oxygen atoms in total. The second-order valence-corrected chi connectivity index (χ2v) is 5.36. The number of fused-ring (bicyclic) bond motifs is 1. The Balaban J connectivity index is 2.38. The zero-order valence-electron chi connectivity index (χ0n) is 12.1. The van der Waals surface area contributed by atoms with Crippen LogP contribution in [0.2, 0.25) is 0 Å². The van der Waals surface area contributed by atoms with Crippen molar-refractivity contribution in [1.29, 1.82) is 0 Å². The first-order valence-corrected chi connectivity index (χ1v) is 7.63. The quantitative estimate of drug-likeness (QED) is 0.544. The molecule has 0 saturated heterocycles. The topological polar surface area (TPSA) is 74.1 Å². The number of hydrogen-bond donors (Lipinski definition) is 0. The number of hydrogen-bond acceptors (Lipinski definition) is 6. The highest BCUT2D eigenvalue weighted by atomic mass is 32.1. The van der Waals surface area contributed by atoms with E-state index in [1.807, 2.05) is 0 Å². The minimum Gasteiger partial charge on any atom is -0.462 e. The molecule has 0 aromatic carbocycles. The van der Waals surface area contributed by atoms with Gasteiger partial charge in [0.1, 0.15) is 11.3 Å². The number of carbonyl (C=O) groups excluding carboxylic acids is 1. The van der Waals surface area contributed by atoms with Gasteiger partial charge in [-0.25, -0.2) is 14.8 Å². The largest absolute Gasteiger partial charge is 0.462 e. The van der Waals surface area contributed by atoms with Crippen molar-refractivity contribution in [3.8, 4) is 17.5 Å². The molecule has 0 bridgehead atoms. The number of carbonyl (C=O) groups is 1. The summed E-state index contributed by atoms with van der Waals surface area (Å²) in [7, 11) is 0. The normalized spacial score (nSPS) is 10.4. The Labute approximate surface area is 135 Å². The summed E-state index contributed by atoms with van der Waals surface area (Å²) in [5.74, 6) is 1.76. The molecule has 23 heavy (non-hydrogen) atoms. The molecule has 0 aliphatic rings. The van der Waals surface area contributed by atoms with Crippen LogP contribution in [0.5, 0.6) is 0 Å². The van der Waals surface area contributed by atoms with E-state index in [1.54, 1.807) is 35.2 Å². The first-order valence-electron chi connectivity index (χ1n) is 6.75. The molecule has 0 spiro atoms. The lowest BCUT2D eigenvalue weighted by molar-refractivity contribution is 0.0524. The van der Waals surface area contributed by atoms with Gasteiger partial charge < -0.3 is 4.74 Å². The Morgan fingerprint density at radius 1 is 1.48 bits per heavy atom. The van der Waals surface area contributed by atoms with Crippen molar-refractivity contribution < 1.29 is 9.53 Å². The maximum Gasteiger partial charge on any atom is 0.343 e. The first kappa shape index (κ1) is 14.9. The van der Waals surface area contributed by atoms with Gasteiger partial charge in [0.15, 0.2) is 10.8 Å². The predicted octanol–water partition coefficient (Wildman–Crippen LogP) is 2.00. The fraction of sp³-hybridized carbons (Fsp3) is 0.125. The Bertz CT molecular complexity index is 984. The average Bonchev–Trinajstić information content (AvgIpc) is 3.09. The van der Waals surface area contributed by atoms with Crippen molar-refractivity contribution in [2.75, 3.05) is 6.61 Å². The average molecular weight is 325 g/mol. The van der Waals surface area contributed by atoms with E-state index in [1.165, 1.54) is 17.5 Å². The van der Waals surface area contributed by atoms with Crippen molar-refractivity contribution >= 4 is 28.3 Å². The first-order chi connectivity index (χ1) is 11.2. The van der Waals surface area contributed by atoms with E-state index in [0.29, 0.717) is 16.5 Å². The molecule has 0 aliphatic carbocycles. The van der Waals surface area contributed by atoms with Crippen molar-refractivity contribution in [2.24, 2.45) is 0 Å². The minimum absolute atomic E-state index is 0.0650. The number of rotatable bonds is 3. The molecule has 3 heterocycles. The highest BCUT2D eigenvalue weighted by Gasteiger charge is 2.18. The van der Waals surface area contributed by atoms with Gasteiger partial charge in [0.05, 0.1) is 12.0 Å². The molecule has 0 amide bonds. The van der Waals surface area contributed by atoms with Crippen LogP contribution in [0.15, 0.2) is 34.7 Å². The molecular formula is C16H11N3O3S. The molecule has 3 aromatic heterocycles. The standard InChI is InChI=1S/C16H11N3O3S/c1-3-10-5-6-11-13(20)12(15(21)22-4-2)9-19(14(11)18-10)16-17-7-8-23-16/h1,5-9H,4H2,2H3.